The number of phosphoric acid groups is 1. The van der Waals surface area contributed by atoms with Gasteiger partial charge in [-0.05, 0) is 97.9 Å². The summed E-state index contributed by atoms with van der Waals surface area (Å²) >= 11 is 5.52. The van der Waals surface area contributed by atoms with E-state index in [1.165, 1.54) is 48.5 Å². The number of primary amides is 2. The lowest BCUT2D eigenvalue weighted by Gasteiger charge is -2.36. The first-order chi connectivity index (χ1) is 37.3. The first-order valence-corrected chi connectivity index (χ1v) is 26.6. The number of aliphatic hydroxyl groups is 1. The minimum atomic E-state index is -4.91. The number of hydrogen-bond acceptors (Lipinski definition) is 16. The number of aromatic hydroxyl groups is 2. The largest absolute Gasteiger partial charge is 0.524 e. The molecule has 0 radical (unpaired) electrons. The van der Waals surface area contributed by atoms with Crippen molar-refractivity contribution < 1.29 is 82.0 Å². The van der Waals surface area contributed by atoms with E-state index in [-0.39, 0.29) is 84.0 Å². The van der Waals surface area contributed by atoms with Crippen LogP contribution < -0.4 is 57.9 Å². The van der Waals surface area contributed by atoms with Crippen molar-refractivity contribution in [3.05, 3.63) is 107 Å². The molecule has 0 aliphatic carbocycles. The van der Waals surface area contributed by atoms with Crippen molar-refractivity contribution >= 4 is 78.2 Å². The zero-order valence-corrected chi connectivity index (χ0v) is 44.3. The van der Waals surface area contributed by atoms with Gasteiger partial charge in [-0.15, -0.1) is 0 Å². The maximum atomic E-state index is 14.0. The fourth-order valence-corrected chi connectivity index (χ4v) is 9.27. The van der Waals surface area contributed by atoms with E-state index >= 15 is 0 Å². The van der Waals surface area contributed by atoms with Gasteiger partial charge < -0.3 is 78.0 Å². The first kappa shape index (κ1) is 59.9. The van der Waals surface area contributed by atoms with Crippen LogP contribution in [0.3, 0.4) is 0 Å². The van der Waals surface area contributed by atoms with Crippen LogP contribution in [0.1, 0.15) is 85.0 Å². The van der Waals surface area contributed by atoms with Crippen molar-refractivity contribution in [2.75, 3.05) is 25.0 Å². The van der Waals surface area contributed by atoms with Crippen molar-refractivity contribution in [1.82, 2.24) is 31.9 Å². The Kier molecular flexibility index (Phi) is 20.0. The second-order valence-electron chi connectivity index (χ2n) is 18.9. The average molecular weight is 1130 g/mol. The minimum Gasteiger partial charge on any atom is -0.508 e. The Labute approximate surface area is 456 Å². The molecule has 0 saturated heterocycles. The van der Waals surface area contributed by atoms with Gasteiger partial charge >= 0.3 is 13.8 Å². The summed E-state index contributed by atoms with van der Waals surface area (Å²) in [5, 5.41) is 48.3. The molecule has 0 aromatic heterocycles. The number of carbonyl (C=O) groups is 8. The number of nitrogens with one attached hydrogen (secondary N) is 7. The van der Waals surface area contributed by atoms with E-state index < -0.39 is 104 Å². The van der Waals surface area contributed by atoms with Gasteiger partial charge in [-0.25, -0.2) is 9.36 Å². The number of anilines is 1. The Hall–Kier alpha value is -8.36. The standard InChI is InChI=1S/C51H60N9O17PS/c1-26(2)19-37(47(69)60-39(25-61)45(53)67)58-44(66)24-55-46(68)36(16-17-42(52)64)59-48(70)38(20-27-6-11-31(12-7-27)77-78(72,73)74)57-43(65)5-3-4-18-54-50(79)56-28-8-13-33-32(21-28)49(71)76-51(33)34-14-9-29(62)22-40(34)75-41-23-30(63)10-15-35(41)51/h6-15,21-23,26,36-39,61-63H,3-5,16-20,24-25H2,1-2H3,(H2,52,64)(H2,53,67)(H,55,68)(H,57,65)(H,58,66)(H,59,70)(H,60,69)(H2,54,56,79)(H2,72,73,74)/t36-,37-,38-,39-/m0/s1. The van der Waals surface area contributed by atoms with Gasteiger partial charge in [0.15, 0.2) is 10.7 Å². The molecule has 26 nitrogen and oxygen atoms in total. The molecular weight excluding hydrogens is 1070 g/mol. The zero-order chi connectivity index (χ0) is 57.8. The molecule has 0 fully saturated rings. The van der Waals surface area contributed by atoms with Crippen LogP contribution in [0.15, 0.2) is 78.9 Å². The molecule has 7 amide bonds. The second kappa shape index (κ2) is 26.3. The van der Waals surface area contributed by atoms with Gasteiger partial charge in [0.1, 0.15) is 52.9 Å². The van der Waals surface area contributed by atoms with Crippen LogP contribution in [0.5, 0.6) is 28.7 Å². The Balaban J connectivity index is 1.06. The smallest absolute Gasteiger partial charge is 0.508 e. The minimum absolute atomic E-state index is 0.0847. The molecule has 422 valence electrons. The van der Waals surface area contributed by atoms with Crippen LogP contribution in [-0.4, -0.2) is 121 Å². The number of aliphatic hydroxyl groups excluding tert-OH is 1. The lowest BCUT2D eigenvalue weighted by molar-refractivity contribution is -0.134. The maximum Gasteiger partial charge on any atom is 0.524 e. The molecule has 0 bridgehead atoms. The van der Waals surface area contributed by atoms with E-state index in [1.54, 1.807) is 44.2 Å². The summed E-state index contributed by atoms with van der Waals surface area (Å²) in [5.41, 5.74) is 11.6. The lowest BCUT2D eigenvalue weighted by Crippen LogP contribution is -2.57. The monoisotopic (exact) mass is 1130 g/mol. The van der Waals surface area contributed by atoms with Crippen LogP contribution >= 0.6 is 20.0 Å². The molecule has 4 atom stereocenters. The number of phosphoric ester groups is 1. The summed E-state index contributed by atoms with van der Waals surface area (Å²) in [6, 6.07) is 13.5. The lowest BCUT2D eigenvalue weighted by atomic mass is 9.77. The number of ether oxygens (including phenoxy) is 2. The number of rotatable bonds is 26. The van der Waals surface area contributed by atoms with Gasteiger partial charge in [-0.1, -0.05) is 32.0 Å². The van der Waals surface area contributed by atoms with E-state index in [4.69, 9.17) is 33.2 Å². The predicted molar refractivity (Wildman–Crippen MR) is 284 cm³/mol. The predicted octanol–water partition coefficient (Wildman–Crippen LogP) is 0.681. The SMILES string of the molecule is CC(C)C[C@H](NC(=O)CNC(=O)[C@H](CCC(N)=O)NC(=O)[C@H](Cc1ccc(OP(=O)(O)O)cc1)NC(=O)CCCCNC(=S)Nc1ccc2c(c1)C(=O)OC21c2ccc(O)cc2Oc2cc(O)ccc21)C(=O)N[C@@H](CO)C(N)=O. The van der Waals surface area contributed by atoms with Gasteiger partial charge in [0, 0.05) is 60.3 Å². The average Bonchev–Trinajstić information content (AvgIpc) is 3.95. The number of nitrogens with two attached hydrogens (primary N) is 2. The van der Waals surface area contributed by atoms with Crippen molar-refractivity contribution in [2.45, 2.75) is 88.6 Å². The van der Waals surface area contributed by atoms with Crippen LogP contribution in [0.25, 0.3) is 0 Å². The quantitative estimate of drug-likeness (QED) is 0.0178. The Bertz CT molecular complexity index is 3000. The van der Waals surface area contributed by atoms with Crippen LogP contribution in [0, 0.1) is 5.92 Å². The molecule has 2 heterocycles. The summed E-state index contributed by atoms with van der Waals surface area (Å²) in [4.78, 5) is 122. The molecule has 0 saturated carbocycles. The second-order valence-corrected chi connectivity index (χ2v) is 20.4. The maximum absolute atomic E-state index is 14.0. The third-order valence-corrected chi connectivity index (χ3v) is 13.0. The highest BCUT2D eigenvalue weighted by Crippen LogP contribution is 2.57. The number of thiocarbonyl (C=S) groups is 1. The van der Waals surface area contributed by atoms with Gasteiger partial charge in [0.25, 0.3) is 0 Å². The van der Waals surface area contributed by atoms with Crippen LogP contribution in [-0.2, 0) is 54.9 Å². The molecule has 6 rings (SSSR count). The van der Waals surface area contributed by atoms with E-state index in [0.717, 1.165) is 0 Å². The molecule has 4 aromatic carbocycles. The fourth-order valence-electron chi connectivity index (χ4n) is 8.65. The van der Waals surface area contributed by atoms with Gasteiger partial charge in [0.05, 0.1) is 18.7 Å². The third kappa shape index (κ3) is 16.1. The summed E-state index contributed by atoms with van der Waals surface area (Å²) < 4.78 is 28.1. The van der Waals surface area contributed by atoms with Crippen molar-refractivity contribution in [3.63, 3.8) is 0 Å². The highest BCUT2D eigenvalue weighted by Gasteiger charge is 2.54. The molecule has 28 heteroatoms. The van der Waals surface area contributed by atoms with Gasteiger partial charge in [-0.2, -0.15) is 0 Å². The summed E-state index contributed by atoms with van der Waals surface area (Å²) in [6.45, 7) is 2.26. The van der Waals surface area contributed by atoms with E-state index in [0.29, 0.717) is 34.4 Å². The van der Waals surface area contributed by atoms with E-state index in [2.05, 4.69) is 41.7 Å². The number of unbranched alkanes of at least 4 members (excludes halogenated alkanes) is 1. The summed E-state index contributed by atoms with van der Waals surface area (Å²) in [6.07, 6.45) is -0.324. The molecule has 0 unspecified atom stereocenters. The number of fused-ring (bicyclic) bond motifs is 6. The molecule has 16 N–H and O–H groups in total. The normalized spacial score (nSPS) is 14.3. The number of phenolic OH excluding ortho intramolecular Hbond substituents is 2. The van der Waals surface area contributed by atoms with Crippen LogP contribution in [0.2, 0.25) is 0 Å². The molecule has 4 aromatic rings. The summed E-state index contributed by atoms with van der Waals surface area (Å²) in [5.74, 6) is -6.69. The third-order valence-electron chi connectivity index (χ3n) is 12.3. The Morgan fingerprint density at radius 1 is 0.722 bits per heavy atom. The molecule has 2 aliphatic rings. The van der Waals surface area contributed by atoms with Gasteiger partial charge in [-0.3, -0.25) is 43.3 Å². The number of hydrogen-bond donors (Lipinski definition) is 14. The highest BCUT2D eigenvalue weighted by atomic mass is 32.1. The van der Waals surface area contributed by atoms with Gasteiger partial charge in [0.2, 0.25) is 41.4 Å². The highest BCUT2D eigenvalue weighted by molar-refractivity contribution is 7.80. The number of carbonyl (C=O) groups excluding carboxylic acids is 8. The van der Waals surface area contributed by atoms with Crippen molar-refractivity contribution in [1.29, 1.82) is 0 Å². The first-order valence-electron chi connectivity index (χ1n) is 24.6. The summed E-state index contributed by atoms with van der Waals surface area (Å²) in [7, 11) is -4.91. The van der Waals surface area contributed by atoms with Crippen molar-refractivity contribution in [2.24, 2.45) is 17.4 Å². The molecule has 79 heavy (non-hydrogen) atoms. The van der Waals surface area contributed by atoms with E-state index in [1.807, 2.05) is 0 Å². The topological polar surface area (TPSA) is 419 Å². The van der Waals surface area contributed by atoms with E-state index in [9.17, 15) is 68.0 Å². The Morgan fingerprint density at radius 2 is 1.33 bits per heavy atom. The molecule has 2 aliphatic heterocycles. The van der Waals surface area contributed by atoms with Crippen LogP contribution in [0.4, 0.5) is 5.69 Å². The number of esters is 1. The Morgan fingerprint density at radius 3 is 1.92 bits per heavy atom. The molecule has 1 spiro atoms. The van der Waals surface area contributed by atoms with Crippen molar-refractivity contribution in [3.8, 4) is 28.7 Å². The number of amides is 7. The fraction of sp³-hybridized carbons (Fsp3) is 0.353. The molecular formula is C51H60N9O17PS. The number of benzene rings is 4. The zero-order valence-electron chi connectivity index (χ0n) is 42.6. The number of phenols is 2.